The van der Waals surface area contributed by atoms with E-state index in [1.54, 1.807) is 0 Å². The molecule has 1 heterocycles. The van der Waals surface area contributed by atoms with Gasteiger partial charge in [-0.25, -0.2) is 12.8 Å². The van der Waals surface area contributed by atoms with E-state index in [-0.39, 0.29) is 23.4 Å². The number of sulfonamides is 1. The van der Waals surface area contributed by atoms with Crippen LogP contribution in [0.15, 0.2) is 53.4 Å². The molecular weight excluding hydrogens is 407 g/mol. The molecule has 8 heteroatoms. The summed E-state index contributed by atoms with van der Waals surface area (Å²) in [4.78, 5) is 12.7. The number of hydrogen-bond acceptors (Lipinski definition) is 4. The van der Waals surface area contributed by atoms with Crippen molar-refractivity contribution in [2.24, 2.45) is 5.92 Å². The van der Waals surface area contributed by atoms with Crippen LogP contribution in [0.5, 0.6) is 5.75 Å². The minimum Gasteiger partial charge on any atom is -0.491 e. The van der Waals surface area contributed by atoms with Crippen molar-refractivity contribution < 1.29 is 22.3 Å². The Hall–Kier alpha value is -2.45. The molecule has 1 saturated heterocycles. The SMILES string of the molecule is Cc1ccc(OC[C@@H](C)NC(=O)[C@H]2CCCN(S(=O)(=O)c3ccc(F)cc3)C2)cc1. The van der Waals surface area contributed by atoms with Gasteiger partial charge in [0.05, 0.1) is 16.9 Å². The van der Waals surface area contributed by atoms with Gasteiger partial charge in [-0.05, 0) is 63.1 Å². The van der Waals surface area contributed by atoms with Crippen molar-refractivity contribution in [3.63, 3.8) is 0 Å². The lowest BCUT2D eigenvalue weighted by Gasteiger charge is -2.31. The number of hydrogen-bond donors (Lipinski definition) is 1. The molecule has 2 aromatic rings. The summed E-state index contributed by atoms with van der Waals surface area (Å²) in [5.74, 6) is -0.382. The number of amides is 1. The van der Waals surface area contributed by atoms with Crippen LogP contribution < -0.4 is 10.1 Å². The van der Waals surface area contributed by atoms with Gasteiger partial charge in [-0.3, -0.25) is 4.79 Å². The minimum atomic E-state index is -3.76. The van der Waals surface area contributed by atoms with Crippen LogP contribution in [0.1, 0.15) is 25.3 Å². The largest absolute Gasteiger partial charge is 0.491 e. The van der Waals surface area contributed by atoms with Gasteiger partial charge in [-0.2, -0.15) is 4.31 Å². The van der Waals surface area contributed by atoms with Gasteiger partial charge in [-0.1, -0.05) is 17.7 Å². The number of aryl methyl sites for hydroxylation is 1. The number of halogens is 1. The van der Waals surface area contributed by atoms with Crippen LogP contribution in [0.2, 0.25) is 0 Å². The first kappa shape index (κ1) is 22.2. The van der Waals surface area contributed by atoms with Gasteiger partial charge in [0.15, 0.2) is 0 Å². The van der Waals surface area contributed by atoms with E-state index in [1.807, 2.05) is 38.1 Å². The third-order valence-electron chi connectivity index (χ3n) is 5.12. The van der Waals surface area contributed by atoms with Crippen LogP contribution in [0, 0.1) is 18.7 Å². The molecule has 3 rings (SSSR count). The number of nitrogens with one attached hydrogen (secondary N) is 1. The molecule has 0 aliphatic carbocycles. The number of piperidine rings is 1. The smallest absolute Gasteiger partial charge is 0.243 e. The Morgan fingerprint density at radius 3 is 2.53 bits per heavy atom. The Bertz CT molecular complexity index is 962. The second kappa shape index (κ2) is 9.57. The average Bonchev–Trinajstić information content (AvgIpc) is 2.74. The molecule has 0 bridgehead atoms. The Labute approximate surface area is 177 Å². The first-order chi connectivity index (χ1) is 14.3. The van der Waals surface area contributed by atoms with E-state index >= 15 is 0 Å². The topological polar surface area (TPSA) is 75.7 Å². The first-order valence-electron chi connectivity index (χ1n) is 10.0. The molecule has 0 radical (unpaired) electrons. The van der Waals surface area contributed by atoms with Gasteiger partial charge < -0.3 is 10.1 Å². The summed E-state index contributed by atoms with van der Waals surface area (Å²) < 4.78 is 45.8. The molecule has 6 nitrogen and oxygen atoms in total. The van der Waals surface area contributed by atoms with Gasteiger partial charge in [0.25, 0.3) is 0 Å². The second-order valence-electron chi connectivity index (χ2n) is 7.69. The molecule has 1 N–H and O–H groups in total. The van der Waals surface area contributed by atoms with Crippen LogP contribution in [0.25, 0.3) is 0 Å². The van der Waals surface area contributed by atoms with Crippen LogP contribution >= 0.6 is 0 Å². The fourth-order valence-corrected chi connectivity index (χ4v) is 4.91. The van der Waals surface area contributed by atoms with Crippen LogP contribution in [-0.4, -0.2) is 44.4 Å². The lowest BCUT2D eigenvalue weighted by Crippen LogP contribution is -2.48. The number of nitrogens with zero attached hydrogens (tertiary/aromatic N) is 1. The van der Waals surface area contributed by atoms with E-state index in [4.69, 9.17) is 4.74 Å². The molecule has 0 spiro atoms. The highest BCUT2D eigenvalue weighted by Crippen LogP contribution is 2.24. The molecule has 1 amide bonds. The van der Waals surface area contributed by atoms with Gasteiger partial charge >= 0.3 is 0 Å². The van der Waals surface area contributed by atoms with Crippen molar-refractivity contribution in [3.8, 4) is 5.75 Å². The molecule has 2 aromatic carbocycles. The normalized spacial score (nSPS) is 18.6. The van der Waals surface area contributed by atoms with E-state index in [0.717, 1.165) is 23.4 Å². The molecule has 1 aliphatic rings. The van der Waals surface area contributed by atoms with Gasteiger partial charge in [0.1, 0.15) is 18.2 Å². The maximum absolute atomic E-state index is 13.1. The molecule has 0 unspecified atom stereocenters. The highest BCUT2D eigenvalue weighted by molar-refractivity contribution is 7.89. The molecule has 1 fully saturated rings. The number of benzene rings is 2. The average molecular weight is 435 g/mol. The number of ether oxygens (including phenoxy) is 1. The Morgan fingerprint density at radius 1 is 1.20 bits per heavy atom. The van der Waals surface area contributed by atoms with Crippen molar-refractivity contribution in [3.05, 3.63) is 59.9 Å². The van der Waals surface area contributed by atoms with Crippen molar-refractivity contribution in [2.75, 3.05) is 19.7 Å². The summed E-state index contributed by atoms with van der Waals surface area (Å²) in [6.07, 6.45) is 1.21. The van der Waals surface area contributed by atoms with Crippen molar-refractivity contribution in [1.82, 2.24) is 9.62 Å². The maximum Gasteiger partial charge on any atom is 0.243 e. The third-order valence-corrected chi connectivity index (χ3v) is 7.00. The molecule has 30 heavy (non-hydrogen) atoms. The zero-order chi connectivity index (χ0) is 21.7. The van der Waals surface area contributed by atoms with Crippen molar-refractivity contribution in [1.29, 1.82) is 0 Å². The van der Waals surface area contributed by atoms with Crippen molar-refractivity contribution >= 4 is 15.9 Å². The fraction of sp³-hybridized carbons (Fsp3) is 0.409. The van der Waals surface area contributed by atoms with Crippen molar-refractivity contribution in [2.45, 2.75) is 37.6 Å². The van der Waals surface area contributed by atoms with Crippen LogP contribution in [-0.2, 0) is 14.8 Å². The fourth-order valence-electron chi connectivity index (χ4n) is 3.39. The Kier molecular flexibility index (Phi) is 7.10. The zero-order valence-corrected chi connectivity index (χ0v) is 18.0. The molecule has 0 saturated carbocycles. The predicted octanol–water partition coefficient (Wildman–Crippen LogP) is 3.12. The minimum absolute atomic E-state index is 0.0322. The Morgan fingerprint density at radius 2 is 1.87 bits per heavy atom. The van der Waals surface area contributed by atoms with Crippen LogP contribution in [0.4, 0.5) is 4.39 Å². The third kappa shape index (κ3) is 5.58. The number of carbonyl (C=O) groups excluding carboxylic acids is 1. The van der Waals surface area contributed by atoms with E-state index in [9.17, 15) is 17.6 Å². The van der Waals surface area contributed by atoms with Gasteiger partial charge in [-0.15, -0.1) is 0 Å². The standard InChI is InChI=1S/C22H27FN2O4S/c1-16-5-9-20(10-6-16)29-15-17(2)24-22(26)18-4-3-13-25(14-18)30(27,28)21-11-7-19(23)8-12-21/h5-12,17-18H,3-4,13-15H2,1-2H3,(H,24,26)/t17-,18+/m1/s1. The molecule has 0 aromatic heterocycles. The predicted molar refractivity (Wildman–Crippen MR) is 112 cm³/mol. The second-order valence-corrected chi connectivity index (χ2v) is 9.63. The quantitative estimate of drug-likeness (QED) is 0.727. The lowest BCUT2D eigenvalue weighted by atomic mass is 9.98. The van der Waals surface area contributed by atoms with E-state index < -0.39 is 21.8 Å². The summed E-state index contributed by atoms with van der Waals surface area (Å²) >= 11 is 0. The molecule has 2 atom stereocenters. The first-order valence-corrected chi connectivity index (χ1v) is 11.5. The Balaban J connectivity index is 1.55. The summed E-state index contributed by atoms with van der Waals surface area (Å²) in [6.45, 7) is 4.62. The summed E-state index contributed by atoms with van der Waals surface area (Å²) in [6, 6.07) is 12.2. The summed E-state index contributed by atoms with van der Waals surface area (Å²) in [5, 5.41) is 2.92. The van der Waals surface area contributed by atoms with E-state index in [0.29, 0.717) is 26.0 Å². The lowest BCUT2D eigenvalue weighted by molar-refractivity contribution is -0.126. The molecular formula is C22H27FN2O4S. The van der Waals surface area contributed by atoms with E-state index in [2.05, 4.69) is 5.32 Å². The molecule has 162 valence electrons. The number of rotatable bonds is 7. The molecule has 1 aliphatic heterocycles. The van der Waals surface area contributed by atoms with Gasteiger partial charge in [0, 0.05) is 13.1 Å². The monoisotopic (exact) mass is 434 g/mol. The summed E-state index contributed by atoms with van der Waals surface area (Å²) in [5.41, 5.74) is 1.14. The zero-order valence-electron chi connectivity index (χ0n) is 17.2. The van der Waals surface area contributed by atoms with Crippen LogP contribution in [0.3, 0.4) is 0 Å². The number of carbonyl (C=O) groups is 1. The maximum atomic E-state index is 13.1. The summed E-state index contributed by atoms with van der Waals surface area (Å²) in [7, 11) is -3.76. The highest BCUT2D eigenvalue weighted by Gasteiger charge is 2.33. The van der Waals surface area contributed by atoms with Gasteiger partial charge in [0.2, 0.25) is 15.9 Å². The van der Waals surface area contributed by atoms with E-state index in [1.165, 1.54) is 16.4 Å². The highest BCUT2D eigenvalue weighted by atomic mass is 32.2.